The van der Waals surface area contributed by atoms with Gasteiger partial charge < -0.3 is 13.4 Å². The van der Waals surface area contributed by atoms with Crippen molar-refractivity contribution >= 4 is 82.2 Å². The molecule has 0 spiro atoms. The fourth-order valence-electron chi connectivity index (χ4n) is 11.8. The van der Waals surface area contributed by atoms with Crippen LogP contribution in [0.25, 0.3) is 82.1 Å². The molecule has 0 saturated heterocycles. The van der Waals surface area contributed by atoms with Crippen LogP contribution in [0, 0.1) is 11.8 Å². The maximum absolute atomic E-state index is 6.89. The van der Waals surface area contributed by atoms with E-state index in [0.717, 1.165) is 64.5 Å². The normalized spacial score (nSPS) is 21.1. The maximum atomic E-state index is 6.89. The Labute approximate surface area is 384 Å². The van der Waals surface area contributed by atoms with Gasteiger partial charge in [0.05, 0.1) is 28.1 Å². The number of nitrogens with zero attached hydrogens (tertiary/aromatic N) is 2. The lowest BCUT2D eigenvalue weighted by molar-refractivity contribution is 0.362. The van der Waals surface area contributed by atoms with Crippen molar-refractivity contribution in [3.05, 3.63) is 210 Å². The third-order valence-electron chi connectivity index (χ3n) is 15.1. The zero-order valence-corrected chi connectivity index (χ0v) is 37.3. The zero-order valence-electron chi connectivity index (χ0n) is 37.3. The molecule has 1 aliphatic heterocycles. The lowest BCUT2D eigenvalue weighted by atomic mass is 9.73. The van der Waals surface area contributed by atoms with Gasteiger partial charge in [-0.25, -0.2) is 0 Å². The summed E-state index contributed by atoms with van der Waals surface area (Å²) in [6.07, 6.45) is 12.9. The highest BCUT2D eigenvalue weighted by Crippen LogP contribution is 2.48. The summed E-state index contributed by atoms with van der Waals surface area (Å²) in [5, 5.41) is 9.55. The highest BCUT2D eigenvalue weighted by molar-refractivity contribution is 6.17. The van der Waals surface area contributed by atoms with Crippen LogP contribution in [0.3, 0.4) is 0 Å². The molecule has 5 atom stereocenters. The van der Waals surface area contributed by atoms with Crippen LogP contribution in [-0.2, 0) is 0 Å². The summed E-state index contributed by atoms with van der Waals surface area (Å²) in [6.45, 7) is 4.77. The van der Waals surface area contributed by atoms with E-state index in [9.17, 15) is 0 Å². The monoisotopic (exact) mass is 854 g/mol. The summed E-state index contributed by atoms with van der Waals surface area (Å²) in [5.74, 6) is 0.977. The van der Waals surface area contributed by atoms with E-state index in [1.165, 1.54) is 71.3 Å². The number of benzene rings is 8. The van der Waals surface area contributed by atoms with E-state index >= 15 is 0 Å². The van der Waals surface area contributed by atoms with Gasteiger partial charge in [-0.15, -0.1) is 0 Å². The number of fused-ring (bicyclic) bond motifs is 10. The zero-order chi connectivity index (χ0) is 43.9. The Morgan fingerprint density at radius 1 is 0.591 bits per heavy atom. The summed E-state index contributed by atoms with van der Waals surface area (Å²) in [5.41, 5.74) is 13.4. The van der Waals surface area contributed by atoms with Crippen molar-refractivity contribution in [1.29, 1.82) is 0 Å². The Bertz CT molecular complexity index is 3780. The number of hydrogen-bond acceptors (Lipinski definition) is 3. The lowest BCUT2D eigenvalue weighted by Gasteiger charge is -2.35. The second kappa shape index (κ2) is 15.6. The number of hydrogen-bond donors (Lipinski definition) is 0. The minimum Gasteiger partial charge on any atom is -0.456 e. The van der Waals surface area contributed by atoms with Gasteiger partial charge in [-0.1, -0.05) is 159 Å². The van der Waals surface area contributed by atoms with Gasteiger partial charge in [0.15, 0.2) is 0 Å². The molecular formula is C62H50N2O2. The van der Waals surface area contributed by atoms with E-state index in [0.29, 0.717) is 5.92 Å². The molecular weight excluding hydrogens is 805 g/mol. The summed E-state index contributed by atoms with van der Waals surface area (Å²) < 4.78 is 16.2. The first kappa shape index (κ1) is 39.0. The minimum absolute atomic E-state index is 0.117. The molecule has 0 bridgehead atoms. The van der Waals surface area contributed by atoms with Crippen LogP contribution in [-0.4, -0.2) is 10.3 Å². The molecule has 320 valence electrons. The fraction of sp³-hybridized carbons (Fsp3) is 0.177. The van der Waals surface area contributed by atoms with Crippen molar-refractivity contribution in [2.24, 2.45) is 16.8 Å². The Morgan fingerprint density at radius 3 is 2.12 bits per heavy atom. The van der Waals surface area contributed by atoms with Gasteiger partial charge in [-0.2, -0.15) is 0 Å². The maximum Gasteiger partial charge on any atom is 0.138 e. The first-order valence-electron chi connectivity index (χ1n) is 23.9. The molecule has 8 aromatic carbocycles. The van der Waals surface area contributed by atoms with Gasteiger partial charge in [0.25, 0.3) is 0 Å². The molecule has 0 radical (unpaired) electrons. The molecule has 0 fully saturated rings. The van der Waals surface area contributed by atoms with E-state index < -0.39 is 0 Å². The van der Waals surface area contributed by atoms with Crippen LogP contribution in [0.5, 0.6) is 0 Å². The van der Waals surface area contributed by atoms with E-state index in [4.69, 9.17) is 13.8 Å². The number of aliphatic imine (C=N–C) groups is 1. The predicted molar refractivity (Wildman–Crippen MR) is 276 cm³/mol. The molecule has 1 aliphatic carbocycles. The highest BCUT2D eigenvalue weighted by atomic mass is 16.3. The lowest BCUT2D eigenvalue weighted by Crippen LogP contribution is -2.28. The average Bonchev–Trinajstić information content (AvgIpc) is 4.04. The van der Waals surface area contributed by atoms with Crippen molar-refractivity contribution in [3.63, 3.8) is 0 Å². The molecule has 0 N–H and O–H groups in total. The van der Waals surface area contributed by atoms with Crippen LogP contribution in [0.4, 0.5) is 0 Å². The number of allylic oxidation sites excluding steroid dienone is 4. The Balaban J connectivity index is 1.04. The van der Waals surface area contributed by atoms with Crippen molar-refractivity contribution in [2.45, 2.75) is 57.4 Å². The summed E-state index contributed by atoms with van der Waals surface area (Å²) in [4.78, 5) is 6.11. The van der Waals surface area contributed by atoms with Crippen LogP contribution in [0.1, 0.15) is 79.7 Å². The number of aromatic nitrogens is 1. The van der Waals surface area contributed by atoms with Crippen molar-refractivity contribution < 1.29 is 8.83 Å². The summed E-state index contributed by atoms with van der Waals surface area (Å²) >= 11 is 0. The van der Waals surface area contributed by atoms with Crippen molar-refractivity contribution in [1.82, 2.24) is 4.57 Å². The second-order valence-corrected chi connectivity index (χ2v) is 18.8. The molecule has 4 nitrogen and oxygen atoms in total. The van der Waals surface area contributed by atoms with E-state index in [1.54, 1.807) is 0 Å². The first-order chi connectivity index (χ1) is 32.6. The smallest absolute Gasteiger partial charge is 0.138 e. The van der Waals surface area contributed by atoms with Crippen LogP contribution in [0.15, 0.2) is 202 Å². The molecule has 0 saturated carbocycles. The average molecular weight is 855 g/mol. The number of para-hydroxylation sites is 4. The van der Waals surface area contributed by atoms with Gasteiger partial charge in [0, 0.05) is 44.5 Å². The topological polar surface area (TPSA) is 43.6 Å². The second-order valence-electron chi connectivity index (χ2n) is 18.8. The Morgan fingerprint density at radius 2 is 1.32 bits per heavy atom. The Hall–Kier alpha value is -7.43. The van der Waals surface area contributed by atoms with E-state index in [1.807, 2.05) is 0 Å². The largest absolute Gasteiger partial charge is 0.456 e. The van der Waals surface area contributed by atoms with Gasteiger partial charge in [0.1, 0.15) is 22.3 Å². The number of rotatable bonds is 6. The van der Waals surface area contributed by atoms with Gasteiger partial charge in [-0.3, -0.25) is 4.99 Å². The minimum atomic E-state index is -0.117. The molecule has 66 heavy (non-hydrogen) atoms. The summed E-state index contributed by atoms with van der Waals surface area (Å²) in [6, 6.07) is 60.1. The standard InChI is InChI=1S/C62H50N2O2/c1-3-45-46(49-23-15-24-50-48-21-10-13-26-56(48)66-62(49)50)33-28-38(2)60(63-61(45)41-31-29-40(30-32-41)39-16-5-4-6-17-39)44-36-55(59-51-22-11-14-27-57(51)65-58(59)37-44)64-53-25-12-9-20-47(53)52-34-42-18-7-8-19-43(42)35-54(52)64/h4-16,18-27,29-32,34-39,45-46,60H,3,17,28,33H2,1-2H3/b63-61-. The van der Waals surface area contributed by atoms with Gasteiger partial charge in [-0.05, 0) is 113 Å². The van der Waals surface area contributed by atoms with E-state index in [-0.39, 0.29) is 23.8 Å². The third kappa shape index (κ3) is 6.22. The van der Waals surface area contributed by atoms with Crippen LogP contribution < -0.4 is 0 Å². The molecule has 3 aromatic heterocycles. The molecule has 13 rings (SSSR count). The van der Waals surface area contributed by atoms with E-state index in [2.05, 4.69) is 207 Å². The highest BCUT2D eigenvalue weighted by Gasteiger charge is 2.35. The van der Waals surface area contributed by atoms with Gasteiger partial charge >= 0.3 is 0 Å². The van der Waals surface area contributed by atoms with Gasteiger partial charge in [0.2, 0.25) is 0 Å². The molecule has 11 aromatic rings. The molecule has 4 heteroatoms. The number of furan rings is 2. The molecule has 2 aliphatic rings. The van der Waals surface area contributed by atoms with Crippen molar-refractivity contribution in [3.8, 4) is 5.69 Å². The Kier molecular flexibility index (Phi) is 9.23. The molecule has 4 heterocycles. The quantitative estimate of drug-likeness (QED) is 0.167. The SMILES string of the molecule is CCC1/C(c2ccc(C3C=CC=CC3)cc2)=N\C(c2cc(-n3c4ccccc4c4cc5ccccc5cc43)c3c(c2)oc2ccccc23)C(C)CCC1c1cccc2c1oc1ccccc12. The third-order valence-corrected chi connectivity index (χ3v) is 15.1. The summed E-state index contributed by atoms with van der Waals surface area (Å²) in [7, 11) is 0. The van der Waals surface area contributed by atoms with Crippen LogP contribution in [0.2, 0.25) is 0 Å². The van der Waals surface area contributed by atoms with Crippen LogP contribution >= 0.6 is 0 Å². The molecule has 5 unspecified atom stereocenters. The first-order valence-corrected chi connectivity index (χ1v) is 23.9. The molecule has 0 amide bonds. The predicted octanol–water partition coefficient (Wildman–Crippen LogP) is 17.1. The fourth-order valence-corrected chi connectivity index (χ4v) is 11.8. The van der Waals surface area contributed by atoms with Crippen molar-refractivity contribution in [2.75, 3.05) is 0 Å².